The van der Waals surface area contributed by atoms with Crippen molar-refractivity contribution in [3.63, 3.8) is 0 Å². The summed E-state index contributed by atoms with van der Waals surface area (Å²) >= 11 is 0. The number of pyridine rings is 1. The normalized spacial score (nSPS) is 16.7. The van der Waals surface area contributed by atoms with E-state index >= 15 is 0 Å². The minimum Gasteiger partial charge on any atom is -0.387 e. The van der Waals surface area contributed by atoms with Gasteiger partial charge >= 0.3 is 0 Å². The number of aryl methyl sites for hydroxylation is 1. The number of aromatic nitrogens is 1. The molecule has 0 unspecified atom stereocenters. The molecule has 5 heteroatoms. The number of nitrogens with one attached hydrogen (secondary N) is 1. The number of amides is 1. The molecule has 18 heavy (non-hydrogen) atoms. The fourth-order valence-corrected chi connectivity index (χ4v) is 2.12. The predicted octanol–water partition coefficient (Wildman–Crippen LogP) is 0.819. The molecule has 1 fully saturated rings. The third-order valence-corrected chi connectivity index (χ3v) is 3.33. The summed E-state index contributed by atoms with van der Waals surface area (Å²) in [5.74, 6) is 0.0694. The summed E-state index contributed by atoms with van der Waals surface area (Å²) in [6, 6.07) is 1.91. The van der Waals surface area contributed by atoms with Gasteiger partial charge in [-0.25, -0.2) is 0 Å². The van der Waals surface area contributed by atoms with Crippen LogP contribution in [0.5, 0.6) is 0 Å². The van der Waals surface area contributed by atoms with Gasteiger partial charge < -0.3 is 15.1 Å². The lowest BCUT2D eigenvalue weighted by atomic mass is 10.1. The largest absolute Gasteiger partial charge is 0.387 e. The van der Waals surface area contributed by atoms with Gasteiger partial charge in [-0.3, -0.25) is 9.78 Å². The Kier molecular flexibility index (Phi) is 3.81. The van der Waals surface area contributed by atoms with Crippen LogP contribution in [0.3, 0.4) is 0 Å². The van der Waals surface area contributed by atoms with Gasteiger partial charge in [0.15, 0.2) is 0 Å². The zero-order chi connectivity index (χ0) is 13.1. The minimum absolute atomic E-state index is 0.0694. The topological polar surface area (TPSA) is 48.5 Å². The van der Waals surface area contributed by atoms with Crippen molar-refractivity contribution in [2.75, 3.05) is 45.6 Å². The zero-order valence-electron chi connectivity index (χ0n) is 11.2. The summed E-state index contributed by atoms with van der Waals surface area (Å²) in [6.45, 7) is 5.35. The molecule has 0 aliphatic carbocycles. The number of hydrogen-bond acceptors (Lipinski definition) is 4. The van der Waals surface area contributed by atoms with E-state index in [1.54, 1.807) is 6.20 Å². The molecule has 1 N–H and O–H groups in total. The molecular formula is C13H20N4O. The van der Waals surface area contributed by atoms with Crippen LogP contribution in [-0.4, -0.2) is 61.0 Å². The summed E-state index contributed by atoms with van der Waals surface area (Å²) in [7, 11) is 3.91. The lowest BCUT2D eigenvalue weighted by Crippen LogP contribution is -2.47. The predicted molar refractivity (Wildman–Crippen MR) is 71.9 cm³/mol. The third-order valence-electron chi connectivity index (χ3n) is 3.33. The van der Waals surface area contributed by atoms with Crippen molar-refractivity contribution in [2.45, 2.75) is 6.92 Å². The van der Waals surface area contributed by atoms with E-state index in [9.17, 15) is 4.79 Å². The summed E-state index contributed by atoms with van der Waals surface area (Å²) in [6.07, 6.45) is 1.67. The highest BCUT2D eigenvalue weighted by atomic mass is 16.2. The lowest BCUT2D eigenvalue weighted by molar-refractivity contribution is 0.0664. The van der Waals surface area contributed by atoms with E-state index in [4.69, 9.17) is 0 Å². The molecular weight excluding hydrogens is 228 g/mol. The first-order valence-electron chi connectivity index (χ1n) is 6.24. The molecule has 2 rings (SSSR count). The standard InChI is InChI=1S/C13H20N4O/c1-10-8-12(14-2)11(9-15-10)13(18)17-6-4-16(3)5-7-17/h8-9H,4-7H2,1-3H3,(H,14,15). The Morgan fingerprint density at radius 2 is 2.00 bits per heavy atom. The van der Waals surface area contributed by atoms with Crippen molar-refractivity contribution in [2.24, 2.45) is 0 Å². The first-order valence-corrected chi connectivity index (χ1v) is 6.24. The Balaban J connectivity index is 2.18. The molecule has 0 saturated carbocycles. The molecule has 1 aromatic rings. The van der Waals surface area contributed by atoms with Gasteiger partial charge in [-0.2, -0.15) is 0 Å². The fourth-order valence-electron chi connectivity index (χ4n) is 2.12. The van der Waals surface area contributed by atoms with Crippen LogP contribution in [0.15, 0.2) is 12.3 Å². The number of rotatable bonds is 2. The highest BCUT2D eigenvalue weighted by Crippen LogP contribution is 2.18. The highest BCUT2D eigenvalue weighted by Gasteiger charge is 2.22. The first kappa shape index (κ1) is 12.8. The van der Waals surface area contributed by atoms with Crippen molar-refractivity contribution in [1.82, 2.24) is 14.8 Å². The Bertz CT molecular complexity index is 439. The third kappa shape index (κ3) is 2.61. The Morgan fingerprint density at radius 3 is 2.61 bits per heavy atom. The Labute approximate surface area is 108 Å². The molecule has 1 amide bonds. The van der Waals surface area contributed by atoms with Gasteiger partial charge in [0, 0.05) is 45.1 Å². The smallest absolute Gasteiger partial charge is 0.257 e. The Morgan fingerprint density at radius 1 is 1.33 bits per heavy atom. The van der Waals surface area contributed by atoms with Crippen LogP contribution in [0.4, 0.5) is 5.69 Å². The minimum atomic E-state index is 0.0694. The van der Waals surface area contributed by atoms with Crippen LogP contribution in [0.25, 0.3) is 0 Å². The maximum absolute atomic E-state index is 12.4. The second-order valence-corrected chi connectivity index (χ2v) is 4.72. The molecule has 1 saturated heterocycles. The van der Waals surface area contributed by atoms with Gasteiger partial charge in [0.1, 0.15) is 0 Å². The van der Waals surface area contributed by atoms with Gasteiger partial charge in [-0.15, -0.1) is 0 Å². The average Bonchev–Trinajstić information content (AvgIpc) is 2.38. The van der Waals surface area contributed by atoms with E-state index in [0.29, 0.717) is 5.56 Å². The quantitative estimate of drug-likeness (QED) is 0.842. The van der Waals surface area contributed by atoms with Crippen LogP contribution in [0.2, 0.25) is 0 Å². The zero-order valence-corrected chi connectivity index (χ0v) is 11.2. The van der Waals surface area contributed by atoms with Gasteiger partial charge in [-0.05, 0) is 20.0 Å². The van der Waals surface area contributed by atoms with Crippen molar-refractivity contribution in [3.05, 3.63) is 23.5 Å². The van der Waals surface area contributed by atoms with Gasteiger partial charge in [-0.1, -0.05) is 0 Å². The number of likely N-dealkylation sites (N-methyl/N-ethyl adjacent to an activating group) is 1. The summed E-state index contributed by atoms with van der Waals surface area (Å²) in [4.78, 5) is 20.8. The number of carbonyl (C=O) groups excluding carboxylic acids is 1. The molecule has 98 valence electrons. The van der Waals surface area contributed by atoms with Gasteiger partial charge in [0.05, 0.1) is 11.3 Å². The van der Waals surface area contributed by atoms with Crippen LogP contribution in [0, 0.1) is 6.92 Å². The van der Waals surface area contributed by atoms with Crippen molar-refractivity contribution in [1.29, 1.82) is 0 Å². The molecule has 1 aliphatic heterocycles. The number of carbonyl (C=O) groups is 1. The second kappa shape index (κ2) is 5.35. The van der Waals surface area contributed by atoms with Crippen molar-refractivity contribution in [3.8, 4) is 0 Å². The monoisotopic (exact) mass is 248 g/mol. The summed E-state index contributed by atoms with van der Waals surface area (Å²) in [5.41, 5.74) is 2.42. The summed E-state index contributed by atoms with van der Waals surface area (Å²) < 4.78 is 0. The highest BCUT2D eigenvalue weighted by molar-refractivity contribution is 5.99. The van der Waals surface area contributed by atoms with Crippen LogP contribution < -0.4 is 5.32 Å². The maximum atomic E-state index is 12.4. The van der Waals surface area contributed by atoms with Gasteiger partial charge in [0.25, 0.3) is 5.91 Å². The first-order chi connectivity index (χ1) is 8.61. The second-order valence-electron chi connectivity index (χ2n) is 4.72. The van der Waals surface area contributed by atoms with E-state index < -0.39 is 0 Å². The lowest BCUT2D eigenvalue weighted by Gasteiger charge is -2.32. The van der Waals surface area contributed by atoms with Gasteiger partial charge in [0.2, 0.25) is 0 Å². The fraction of sp³-hybridized carbons (Fsp3) is 0.538. The van der Waals surface area contributed by atoms with E-state index in [1.165, 1.54) is 0 Å². The van der Waals surface area contributed by atoms with Crippen LogP contribution >= 0.6 is 0 Å². The van der Waals surface area contributed by atoms with Crippen LogP contribution in [0.1, 0.15) is 16.1 Å². The maximum Gasteiger partial charge on any atom is 0.257 e. The molecule has 0 aromatic carbocycles. The van der Waals surface area contributed by atoms with Crippen molar-refractivity contribution < 1.29 is 4.79 Å². The Hall–Kier alpha value is -1.62. The van der Waals surface area contributed by atoms with Crippen LogP contribution in [-0.2, 0) is 0 Å². The molecule has 0 radical (unpaired) electrons. The van der Waals surface area contributed by atoms with E-state index in [1.807, 2.05) is 24.9 Å². The molecule has 1 aromatic heterocycles. The summed E-state index contributed by atoms with van der Waals surface area (Å²) in [5, 5.41) is 3.07. The molecule has 1 aliphatic rings. The molecule has 5 nitrogen and oxygen atoms in total. The average molecular weight is 248 g/mol. The van der Waals surface area contributed by atoms with E-state index in [-0.39, 0.29) is 5.91 Å². The SMILES string of the molecule is CNc1cc(C)ncc1C(=O)N1CCN(C)CC1. The van der Waals surface area contributed by atoms with Crippen molar-refractivity contribution >= 4 is 11.6 Å². The number of hydrogen-bond donors (Lipinski definition) is 1. The molecule has 0 atom stereocenters. The molecule has 2 heterocycles. The molecule has 0 spiro atoms. The number of nitrogens with zero attached hydrogens (tertiary/aromatic N) is 3. The van der Waals surface area contributed by atoms with E-state index in [0.717, 1.165) is 37.6 Å². The van der Waals surface area contributed by atoms with E-state index in [2.05, 4.69) is 22.2 Å². The number of anilines is 1. The molecule has 0 bridgehead atoms. The number of piperazine rings is 1.